The van der Waals surface area contributed by atoms with Crippen molar-refractivity contribution in [2.24, 2.45) is 0 Å². The Morgan fingerprint density at radius 1 is 1.16 bits per heavy atom. The smallest absolute Gasteiger partial charge is 0.318 e. The highest BCUT2D eigenvalue weighted by Crippen LogP contribution is 2.20. The van der Waals surface area contributed by atoms with Crippen LogP contribution in [0.25, 0.3) is 0 Å². The Bertz CT molecular complexity index is 526. The first kappa shape index (κ1) is 17.7. The van der Waals surface area contributed by atoms with Gasteiger partial charge in [-0.05, 0) is 24.3 Å². The van der Waals surface area contributed by atoms with Crippen LogP contribution in [0.3, 0.4) is 0 Å². The molecule has 0 aliphatic heterocycles. The lowest BCUT2D eigenvalue weighted by Gasteiger charge is -2.07. The Kier molecular flexibility index (Phi) is 6.31. The van der Waals surface area contributed by atoms with Gasteiger partial charge >= 0.3 is 12.1 Å². The third kappa shape index (κ3) is 5.93. The molecule has 0 aliphatic rings. The lowest BCUT2D eigenvalue weighted by Crippen LogP contribution is -2.29. The molecule has 0 spiro atoms. The van der Waals surface area contributed by atoms with Gasteiger partial charge in [0.05, 0.1) is 4.90 Å². The number of carbonyl (C=O) groups excluding carboxylic acids is 1. The number of hydrogen-bond donors (Lipinski definition) is 1. The van der Waals surface area contributed by atoms with Crippen LogP contribution >= 0.6 is 10.7 Å². The van der Waals surface area contributed by atoms with E-state index >= 15 is 0 Å². The zero-order chi connectivity index (χ0) is 15.3. The van der Waals surface area contributed by atoms with Crippen molar-refractivity contribution < 1.29 is 26.4 Å². The molecule has 108 valence electrons. The molecule has 1 rings (SSSR count). The SMILES string of the molecule is CC.O=C(Nc1ccc(S(=O)(=O)Cl)cc1)C(F)(F)F. The van der Waals surface area contributed by atoms with Crippen molar-refractivity contribution in [1.29, 1.82) is 0 Å². The molecule has 0 saturated heterocycles. The first-order valence-electron chi connectivity index (χ1n) is 5.03. The Labute approximate surface area is 113 Å². The maximum Gasteiger partial charge on any atom is 0.471 e. The maximum absolute atomic E-state index is 11.9. The van der Waals surface area contributed by atoms with E-state index in [0.717, 1.165) is 24.3 Å². The van der Waals surface area contributed by atoms with Gasteiger partial charge in [-0.2, -0.15) is 13.2 Å². The lowest BCUT2D eigenvalue weighted by atomic mass is 10.3. The summed E-state index contributed by atoms with van der Waals surface area (Å²) >= 11 is 0. The van der Waals surface area contributed by atoms with Crippen LogP contribution in [0.1, 0.15) is 13.8 Å². The minimum absolute atomic E-state index is 0.184. The molecule has 0 atom stereocenters. The molecule has 9 heteroatoms. The number of hydrogen-bond acceptors (Lipinski definition) is 3. The summed E-state index contributed by atoms with van der Waals surface area (Å²) < 4.78 is 57.3. The lowest BCUT2D eigenvalue weighted by molar-refractivity contribution is -0.167. The van der Waals surface area contributed by atoms with Crippen LogP contribution < -0.4 is 5.32 Å². The van der Waals surface area contributed by atoms with Gasteiger partial charge in [0, 0.05) is 16.4 Å². The summed E-state index contributed by atoms with van der Waals surface area (Å²) in [6.45, 7) is 4.00. The standard InChI is InChI=1S/C8H5ClF3NO3S.C2H6/c9-17(15,16)6-3-1-5(2-4-6)13-7(14)8(10,11)12;1-2/h1-4H,(H,13,14);1-2H3. The van der Waals surface area contributed by atoms with Gasteiger partial charge in [0.1, 0.15) is 0 Å². The highest BCUT2D eigenvalue weighted by Gasteiger charge is 2.38. The second-order valence-electron chi connectivity index (χ2n) is 2.91. The van der Waals surface area contributed by atoms with E-state index in [1.54, 1.807) is 5.32 Å². The second kappa shape index (κ2) is 6.76. The van der Waals surface area contributed by atoms with Gasteiger partial charge < -0.3 is 5.32 Å². The quantitative estimate of drug-likeness (QED) is 0.852. The number of rotatable bonds is 2. The molecule has 0 heterocycles. The van der Waals surface area contributed by atoms with E-state index in [4.69, 9.17) is 10.7 Å². The molecule has 1 aromatic rings. The molecule has 0 aliphatic carbocycles. The van der Waals surface area contributed by atoms with E-state index in [-0.39, 0.29) is 10.6 Å². The third-order valence-corrected chi connectivity index (χ3v) is 3.02. The fourth-order valence-electron chi connectivity index (χ4n) is 0.903. The molecule has 0 radical (unpaired) electrons. The number of alkyl halides is 3. The molecular weight excluding hydrogens is 307 g/mol. The van der Waals surface area contributed by atoms with Crippen molar-refractivity contribution >= 4 is 31.3 Å². The average molecular weight is 318 g/mol. The summed E-state index contributed by atoms with van der Waals surface area (Å²) in [4.78, 5) is 10.3. The minimum Gasteiger partial charge on any atom is -0.318 e. The number of halogens is 4. The molecule has 0 bridgehead atoms. The van der Waals surface area contributed by atoms with E-state index < -0.39 is 21.1 Å². The van der Waals surface area contributed by atoms with Gasteiger partial charge in [-0.15, -0.1) is 0 Å². The number of amides is 1. The first-order chi connectivity index (χ1) is 8.60. The predicted octanol–water partition coefficient (Wildman–Crippen LogP) is 3.14. The average Bonchev–Trinajstić information content (AvgIpc) is 2.30. The molecular formula is C10H11ClF3NO3S. The largest absolute Gasteiger partial charge is 0.471 e. The van der Waals surface area contributed by atoms with Crippen molar-refractivity contribution in [2.45, 2.75) is 24.9 Å². The Balaban J connectivity index is 0.00000154. The van der Waals surface area contributed by atoms with Crippen LogP contribution in [0.5, 0.6) is 0 Å². The second-order valence-corrected chi connectivity index (χ2v) is 5.48. The summed E-state index contributed by atoms with van der Waals surface area (Å²) in [6.07, 6.45) is -5.00. The van der Waals surface area contributed by atoms with Crippen LogP contribution in [0, 0.1) is 0 Å². The maximum atomic E-state index is 11.9. The Morgan fingerprint density at radius 2 is 1.58 bits per heavy atom. The highest BCUT2D eigenvalue weighted by molar-refractivity contribution is 8.13. The van der Waals surface area contributed by atoms with Crippen molar-refractivity contribution in [3.05, 3.63) is 24.3 Å². The number of carbonyl (C=O) groups is 1. The van der Waals surface area contributed by atoms with Crippen LogP contribution in [-0.4, -0.2) is 20.5 Å². The first-order valence-corrected chi connectivity index (χ1v) is 7.34. The Morgan fingerprint density at radius 3 is 1.89 bits per heavy atom. The zero-order valence-electron chi connectivity index (χ0n) is 9.95. The highest BCUT2D eigenvalue weighted by atomic mass is 35.7. The molecule has 19 heavy (non-hydrogen) atoms. The van der Waals surface area contributed by atoms with Gasteiger partial charge in [0.25, 0.3) is 9.05 Å². The van der Waals surface area contributed by atoms with Crippen LogP contribution in [-0.2, 0) is 13.8 Å². The van der Waals surface area contributed by atoms with Gasteiger partial charge in [0.15, 0.2) is 0 Å². The van der Waals surface area contributed by atoms with Crippen molar-refractivity contribution in [3.8, 4) is 0 Å². The van der Waals surface area contributed by atoms with Crippen LogP contribution in [0.15, 0.2) is 29.2 Å². The normalized spacial score (nSPS) is 11.3. The monoisotopic (exact) mass is 317 g/mol. The summed E-state index contributed by atoms with van der Waals surface area (Å²) in [5.41, 5.74) is -0.184. The van der Waals surface area contributed by atoms with E-state index in [0.29, 0.717) is 0 Å². The van der Waals surface area contributed by atoms with Gasteiger partial charge in [-0.1, -0.05) is 13.8 Å². The molecule has 0 unspecified atom stereocenters. The topological polar surface area (TPSA) is 63.2 Å². The van der Waals surface area contributed by atoms with Gasteiger partial charge in [-0.25, -0.2) is 8.42 Å². The predicted molar refractivity (Wildman–Crippen MR) is 65.5 cm³/mol. The van der Waals surface area contributed by atoms with Gasteiger partial charge in [0.2, 0.25) is 0 Å². The number of anilines is 1. The fourth-order valence-corrected chi connectivity index (χ4v) is 1.67. The van der Waals surface area contributed by atoms with Crippen LogP contribution in [0.2, 0.25) is 0 Å². The van der Waals surface area contributed by atoms with E-state index in [9.17, 15) is 26.4 Å². The molecule has 1 N–H and O–H groups in total. The molecule has 0 fully saturated rings. The van der Waals surface area contributed by atoms with E-state index in [1.165, 1.54) is 0 Å². The summed E-state index contributed by atoms with van der Waals surface area (Å²) in [5.74, 6) is -2.14. The summed E-state index contributed by atoms with van der Waals surface area (Å²) in [5, 5.41) is 1.56. The molecule has 1 aromatic carbocycles. The van der Waals surface area contributed by atoms with Crippen molar-refractivity contribution in [2.75, 3.05) is 5.32 Å². The van der Waals surface area contributed by atoms with Crippen molar-refractivity contribution in [3.63, 3.8) is 0 Å². The third-order valence-electron chi connectivity index (χ3n) is 1.65. The van der Waals surface area contributed by atoms with Gasteiger partial charge in [-0.3, -0.25) is 4.79 Å². The minimum atomic E-state index is -5.00. The van der Waals surface area contributed by atoms with E-state index in [1.807, 2.05) is 13.8 Å². The summed E-state index contributed by atoms with van der Waals surface area (Å²) in [7, 11) is 1.05. The Hall–Kier alpha value is -1.28. The fraction of sp³-hybridized carbons (Fsp3) is 0.300. The van der Waals surface area contributed by atoms with Crippen LogP contribution in [0.4, 0.5) is 18.9 Å². The van der Waals surface area contributed by atoms with E-state index in [2.05, 4.69) is 0 Å². The number of benzene rings is 1. The summed E-state index contributed by atoms with van der Waals surface area (Å²) in [6, 6.07) is 3.96. The molecule has 4 nitrogen and oxygen atoms in total. The molecule has 0 saturated carbocycles. The zero-order valence-corrected chi connectivity index (χ0v) is 11.5. The van der Waals surface area contributed by atoms with Crippen molar-refractivity contribution in [1.82, 2.24) is 0 Å². The molecule has 1 amide bonds. The molecule has 0 aromatic heterocycles. The number of nitrogens with one attached hydrogen (secondary N) is 1.